The van der Waals surface area contributed by atoms with E-state index in [-0.39, 0.29) is 13.2 Å². The van der Waals surface area contributed by atoms with Crippen LogP contribution in [0.3, 0.4) is 0 Å². The Hall–Kier alpha value is -1.36. The van der Waals surface area contributed by atoms with Crippen LogP contribution >= 0.6 is 0 Å². The van der Waals surface area contributed by atoms with Crippen molar-refractivity contribution in [3.8, 4) is 0 Å². The van der Waals surface area contributed by atoms with Gasteiger partial charge in [0.15, 0.2) is 0 Å². The summed E-state index contributed by atoms with van der Waals surface area (Å²) in [6.07, 6.45) is 1.10. The first kappa shape index (κ1) is 11.7. The molecule has 0 aromatic rings. The summed E-state index contributed by atoms with van der Waals surface area (Å²) in [4.78, 5) is 22.2. The molecule has 0 saturated carbocycles. The van der Waals surface area contributed by atoms with Gasteiger partial charge in [0.25, 0.3) is 5.78 Å². The highest BCUT2D eigenvalue weighted by Crippen LogP contribution is 2.24. The number of hydrogen-bond donors (Lipinski definition) is 0. The fourth-order valence-electron chi connectivity index (χ4n) is 1.10. The fraction of sp³-hybridized carbons (Fsp3) is 0.600. The molecule has 0 radical (unpaired) electrons. The topological polar surface area (TPSA) is 61.8 Å². The van der Waals surface area contributed by atoms with E-state index in [1.54, 1.807) is 20.8 Å². The molecule has 0 N–H and O–H groups in total. The first-order valence-corrected chi connectivity index (χ1v) is 4.69. The van der Waals surface area contributed by atoms with Crippen LogP contribution in [0.25, 0.3) is 0 Å². The maximum atomic E-state index is 11.2. The third-order valence-corrected chi connectivity index (χ3v) is 1.71. The Bertz CT molecular complexity index is 303. The zero-order valence-corrected chi connectivity index (χ0v) is 9.03. The zero-order valence-electron chi connectivity index (χ0n) is 9.03. The Balaban J connectivity index is 2.58. The van der Waals surface area contributed by atoms with Crippen molar-refractivity contribution in [3.63, 3.8) is 0 Å². The quantitative estimate of drug-likeness (QED) is 0.395. The van der Waals surface area contributed by atoms with Crippen LogP contribution < -0.4 is 0 Å². The molecule has 0 spiro atoms. The average Bonchev–Trinajstić information content (AvgIpc) is 2.46. The van der Waals surface area contributed by atoms with Crippen LogP contribution in [0.2, 0.25) is 0 Å². The first-order valence-electron chi connectivity index (χ1n) is 4.69. The van der Waals surface area contributed by atoms with E-state index >= 15 is 0 Å². The molecule has 5 nitrogen and oxygen atoms in total. The lowest BCUT2D eigenvalue weighted by Crippen LogP contribution is -2.19. The molecule has 0 aliphatic carbocycles. The number of hydrogen-bond acceptors (Lipinski definition) is 5. The average molecular weight is 214 g/mol. The largest absolute Gasteiger partial charge is 0.465 e. The van der Waals surface area contributed by atoms with Gasteiger partial charge in [-0.3, -0.25) is 4.79 Å². The Kier molecular flexibility index (Phi) is 3.47. The molecule has 1 aliphatic heterocycles. The van der Waals surface area contributed by atoms with Crippen molar-refractivity contribution in [3.05, 3.63) is 11.8 Å². The summed E-state index contributed by atoms with van der Waals surface area (Å²) < 4.78 is 15.0. The minimum absolute atomic E-state index is 0.177. The predicted octanol–water partition coefficient (Wildman–Crippen LogP) is 0.785. The highest BCUT2D eigenvalue weighted by atomic mass is 16.7. The van der Waals surface area contributed by atoms with Crippen LogP contribution in [0.15, 0.2) is 11.8 Å². The van der Waals surface area contributed by atoms with Crippen molar-refractivity contribution in [1.29, 1.82) is 0 Å². The highest BCUT2D eigenvalue weighted by Gasteiger charge is 2.30. The van der Waals surface area contributed by atoms with Crippen molar-refractivity contribution < 1.29 is 23.8 Å². The molecule has 1 fully saturated rings. The molecular weight excluding hydrogens is 200 g/mol. The van der Waals surface area contributed by atoms with Gasteiger partial charge in [-0.25, -0.2) is 4.79 Å². The maximum Gasteiger partial charge on any atom is 0.379 e. The van der Waals surface area contributed by atoms with Gasteiger partial charge < -0.3 is 14.2 Å². The monoisotopic (exact) mass is 214 g/mol. The van der Waals surface area contributed by atoms with Gasteiger partial charge in [0.05, 0.1) is 6.61 Å². The van der Waals surface area contributed by atoms with E-state index in [4.69, 9.17) is 9.47 Å². The molecule has 1 aliphatic rings. The van der Waals surface area contributed by atoms with Gasteiger partial charge in [-0.05, 0) is 6.92 Å². The molecule has 15 heavy (non-hydrogen) atoms. The van der Waals surface area contributed by atoms with Crippen LogP contribution in [0.1, 0.15) is 20.8 Å². The lowest BCUT2D eigenvalue weighted by Gasteiger charge is -2.15. The van der Waals surface area contributed by atoms with Crippen LogP contribution in [0.5, 0.6) is 0 Å². The Morgan fingerprint density at radius 1 is 1.53 bits per heavy atom. The van der Waals surface area contributed by atoms with E-state index in [2.05, 4.69) is 4.74 Å². The van der Waals surface area contributed by atoms with Crippen molar-refractivity contribution >= 4 is 11.8 Å². The SMILES string of the molecule is CCOC(=O)C(=O)C=C1COC(C)(C)O1. The molecule has 84 valence electrons. The molecule has 0 bridgehead atoms. The maximum absolute atomic E-state index is 11.2. The Morgan fingerprint density at radius 3 is 2.67 bits per heavy atom. The molecule has 0 aromatic carbocycles. The van der Waals surface area contributed by atoms with Gasteiger partial charge in [0.2, 0.25) is 5.79 Å². The second kappa shape index (κ2) is 4.44. The number of esters is 1. The number of rotatable bonds is 3. The van der Waals surface area contributed by atoms with E-state index in [0.29, 0.717) is 5.76 Å². The smallest absolute Gasteiger partial charge is 0.379 e. The van der Waals surface area contributed by atoms with Crippen LogP contribution in [0, 0.1) is 0 Å². The number of carbonyl (C=O) groups excluding carboxylic acids is 2. The number of carbonyl (C=O) groups is 2. The lowest BCUT2D eigenvalue weighted by atomic mass is 10.3. The summed E-state index contributed by atoms with van der Waals surface area (Å²) in [5, 5.41) is 0. The number of ether oxygens (including phenoxy) is 3. The molecule has 1 rings (SSSR count). The van der Waals surface area contributed by atoms with Gasteiger partial charge in [0.1, 0.15) is 12.4 Å². The van der Waals surface area contributed by atoms with Gasteiger partial charge in [-0.1, -0.05) is 0 Å². The molecule has 0 unspecified atom stereocenters. The summed E-state index contributed by atoms with van der Waals surface area (Å²) in [6.45, 7) is 5.46. The standard InChI is InChI=1S/C10H14O5/c1-4-13-9(12)8(11)5-7-6-14-10(2,3)15-7/h5H,4,6H2,1-3H3. The van der Waals surface area contributed by atoms with E-state index in [1.165, 1.54) is 0 Å². The summed E-state index contributed by atoms with van der Waals surface area (Å²) in [5.74, 6) is -2.00. The van der Waals surface area contributed by atoms with Crippen molar-refractivity contribution in [2.24, 2.45) is 0 Å². The third kappa shape index (κ3) is 3.36. The highest BCUT2D eigenvalue weighted by molar-refractivity contribution is 6.38. The van der Waals surface area contributed by atoms with E-state index < -0.39 is 17.5 Å². The zero-order chi connectivity index (χ0) is 11.5. The minimum atomic E-state index is -0.877. The predicted molar refractivity (Wildman–Crippen MR) is 50.8 cm³/mol. The molecule has 0 amide bonds. The van der Waals surface area contributed by atoms with E-state index in [0.717, 1.165) is 6.08 Å². The molecule has 5 heteroatoms. The number of ketones is 1. The van der Waals surface area contributed by atoms with Crippen LogP contribution in [-0.2, 0) is 23.8 Å². The van der Waals surface area contributed by atoms with Crippen molar-refractivity contribution in [2.75, 3.05) is 13.2 Å². The summed E-state index contributed by atoms with van der Waals surface area (Å²) >= 11 is 0. The Labute approximate surface area is 88.0 Å². The summed E-state index contributed by atoms with van der Waals surface area (Å²) in [5.41, 5.74) is 0. The van der Waals surface area contributed by atoms with Gasteiger partial charge in [-0.15, -0.1) is 0 Å². The molecule has 1 heterocycles. The minimum Gasteiger partial charge on any atom is -0.465 e. The van der Waals surface area contributed by atoms with Crippen LogP contribution in [0.4, 0.5) is 0 Å². The van der Waals surface area contributed by atoms with Gasteiger partial charge in [-0.2, -0.15) is 0 Å². The lowest BCUT2D eigenvalue weighted by molar-refractivity contribution is -0.151. The summed E-state index contributed by atoms with van der Waals surface area (Å²) in [6, 6.07) is 0. The summed E-state index contributed by atoms with van der Waals surface area (Å²) in [7, 11) is 0. The fourth-order valence-corrected chi connectivity index (χ4v) is 1.10. The normalized spacial score (nSPS) is 21.1. The van der Waals surface area contributed by atoms with Gasteiger partial charge >= 0.3 is 5.97 Å². The molecule has 0 atom stereocenters. The van der Waals surface area contributed by atoms with E-state index in [9.17, 15) is 9.59 Å². The van der Waals surface area contributed by atoms with Crippen molar-refractivity contribution in [2.45, 2.75) is 26.6 Å². The third-order valence-electron chi connectivity index (χ3n) is 1.71. The Morgan fingerprint density at radius 2 is 2.20 bits per heavy atom. The molecule has 0 aromatic heterocycles. The van der Waals surface area contributed by atoms with Crippen LogP contribution in [-0.4, -0.2) is 30.8 Å². The second-order valence-electron chi connectivity index (χ2n) is 3.49. The van der Waals surface area contributed by atoms with Gasteiger partial charge in [0, 0.05) is 19.9 Å². The van der Waals surface area contributed by atoms with E-state index in [1.807, 2.05) is 0 Å². The molecule has 1 saturated heterocycles. The van der Waals surface area contributed by atoms with Crippen molar-refractivity contribution in [1.82, 2.24) is 0 Å². The second-order valence-corrected chi connectivity index (χ2v) is 3.49. The first-order chi connectivity index (χ1) is 6.94. The molecular formula is C10H14O5.